The van der Waals surface area contributed by atoms with Gasteiger partial charge in [-0.25, -0.2) is 4.98 Å². The quantitative estimate of drug-likeness (QED) is 0.345. The number of alkyl halides is 3. The third-order valence-corrected chi connectivity index (χ3v) is 6.26. The van der Waals surface area contributed by atoms with Gasteiger partial charge in [0.2, 0.25) is 11.9 Å². The first-order valence-electron chi connectivity index (χ1n) is 12.1. The number of carbonyl (C=O) groups excluding carboxylic acids is 1. The molecule has 38 heavy (non-hydrogen) atoms. The molecule has 1 aromatic heterocycles. The third-order valence-electron chi connectivity index (χ3n) is 6.26. The molecule has 9 nitrogen and oxygen atoms in total. The SMILES string of the molecule is C=CC(=O)Nc1cccc(Nc2nc(Nc3ccc4c(c3)OCC[C@@H]3CNCCN43)ncc2C(F)(F)F)c1. The zero-order chi connectivity index (χ0) is 26.7. The topological polar surface area (TPSA) is 103 Å². The lowest BCUT2D eigenvalue weighted by Gasteiger charge is -2.36. The number of aromatic nitrogens is 2. The Kier molecular flexibility index (Phi) is 7.05. The monoisotopic (exact) mass is 525 g/mol. The average Bonchev–Trinajstić information content (AvgIpc) is 3.07. The number of nitrogens with one attached hydrogen (secondary N) is 4. The molecule has 1 fully saturated rings. The van der Waals surface area contributed by atoms with Gasteiger partial charge in [0.15, 0.2) is 0 Å². The van der Waals surface area contributed by atoms with Crippen LogP contribution in [0.15, 0.2) is 61.3 Å². The Hall–Kier alpha value is -4.32. The highest BCUT2D eigenvalue weighted by atomic mass is 19.4. The molecule has 4 N–H and O–H groups in total. The van der Waals surface area contributed by atoms with Gasteiger partial charge in [-0.2, -0.15) is 18.2 Å². The molecule has 0 saturated carbocycles. The van der Waals surface area contributed by atoms with E-state index in [4.69, 9.17) is 4.74 Å². The van der Waals surface area contributed by atoms with E-state index >= 15 is 0 Å². The molecule has 3 heterocycles. The minimum Gasteiger partial charge on any atom is -0.491 e. The number of fused-ring (bicyclic) bond motifs is 3. The molecule has 1 amide bonds. The number of halogens is 3. The number of carbonyl (C=O) groups is 1. The van der Waals surface area contributed by atoms with Gasteiger partial charge in [-0.1, -0.05) is 12.6 Å². The zero-order valence-corrected chi connectivity index (χ0v) is 20.3. The molecule has 5 rings (SSSR count). The Labute approximate surface area is 217 Å². The van der Waals surface area contributed by atoms with E-state index in [-0.39, 0.29) is 5.95 Å². The van der Waals surface area contributed by atoms with Crippen LogP contribution in [0.25, 0.3) is 0 Å². The Morgan fingerprint density at radius 1 is 1.16 bits per heavy atom. The summed E-state index contributed by atoms with van der Waals surface area (Å²) in [6.07, 6.45) is -1.97. The summed E-state index contributed by atoms with van der Waals surface area (Å²) in [4.78, 5) is 21.9. The van der Waals surface area contributed by atoms with Crippen molar-refractivity contribution < 1.29 is 22.7 Å². The molecular weight excluding hydrogens is 499 g/mol. The van der Waals surface area contributed by atoms with Gasteiger partial charge in [0.25, 0.3) is 0 Å². The second-order valence-electron chi connectivity index (χ2n) is 8.85. The maximum Gasteiger partial charge on any atom is 0.421 e. The number of anilines is 6. The van der Waals surface area contributed by atoms with Gasteiger partial charge in [0.05, 0.1) is 12.3 Å². The predicted octanol–water partition coefficient (Wildman–Crippen LogP) is 4.67. The van der Waals surface area contributed by atoms with Crippen molar-refractivity contribution in [3.8, 4) is 5.75 Å². The fraction of sp³-hybridized carbons (Fsp3) is 0.269. The van der Waals surface area contributed by atoms with Gasteiger partial charge in [-0.3, -0.25) is 4.79 Å². The largest absolute Gasteiger partial charge is 0.491 e. The predicted molar refractivity (Wildman–Crippen MR) is 139 cm³/mol. The van der Waals surface area contributed by atoms with E-state index in [0.29, 0.717) is 35.5 Å². The summed E-state index contributed by atoms with van der Waals surface area (Å²) in [5.41, 5.74) is 1.22. The van der Waals surface area contributed by atoms with Crippen molar-refractivity contribution in [2.75, 3.05) is 47.1 Å². The molecule has 2 aliphatic rings. The van der Waals surface area contributed by atoms with Crippen molar-refractivity contribution in [2.45, 2.75) is 18.6 Å². The van der Waals surface area contributed by atoms with E-state index < -0.39 is 23.5 Å². The molecule has 12 heteroatoms. The molecular formula is C26H26F3N7O2. The zero-order valence-electron chi connectivity index (χ0n) is 20.3. The van der Waals surface area contributed by atoms with Crippen molar-refractivity contribution in [1.82, 2.24) is 15.3 Å². The standard InChI is InChI=1S/C26H26F3N7O2/c1-2-23(37)32-16-4-3-5-17(12-16)33-24-20(26(27,28)29)15-31-25(35-24)34-18-6-7-21-22(13-18)38-11-8-19-14-30-9-10-36(19)21/h2-7,12-13,15,19,30H,1,8-11,14H2,(H,32,37)(H2,31,33,34,35)/t19-/m1/s1. The highest BCUT2D eigenvalue weighted by Crippen LogP contribution is 2.38. The van der Waals surface area contributed by atoms with Crippen LogP contribution in [-0.2, 0) is 11.0 Å². The number of rotatable bonds is 6. The van der Waals surface area contributed by atoms with Crippen LogP contribution in [0.3, 0.4) is 0 Å². The first-order valence-corrected chi connectivity index (χ1v) is 12.1. The van der Waals surface area contributed by atoms with E-state index in [0.717, 1.165) is 44.0 Å². The van der Waals surface area contributed by atoms with Gasteiger partial charge in [-0.15, -0.1) is 0 Å². The van der Waals surface area contributed by atoms with Gasteiger partial charge in [-0.05, 0) is 36.4 Å². The van der Waals surface area contributed by atoms with Gasteiger partial charge >= 0.3 is 6.18 Å². The van der Waals surface area contributed by atoms with Crippen LogP contribution in [0.4, 0.5) is 47.7 Å². The Bertz CT molecular complexity index is 1350. The van der Waals surface area contributed by atoms with E-state index in [1.54, 1.807) is 24.3 Å². The highest BCUT2D eigenvalue weighted by molar-refractivity contribution is 5.99. The summed E-state index contributed by atoms with van der Waals surface area (Å²) < 4.78 is 47.2. The first-order chi connectivity index (χ1) is 18.3. The fourth-order valence-corrected chi connectivity index (χ4v) is 4.46. The van der Waals surface area contributed by atoms with Crippen molar-refractivity contribution in [3.05, 3.63) is 66.9 Å². The lowest BCUT2D eigenvalue weighted by Crippen LogP contribution is -2.51. The molecule has 3 aromatic rings. The lowest BCUT2D eigenvalue weighted by molar-refractivity contribution is -0.137. The van der Waals surface area contributed by atoms with Crippen LogP contribution in [0.1, 0.15) is 12.0 Å². The van der Waals surface area contributed by atoms with Gasteiger partial charge < -0.3 is 30.9 Å². The van der Waals surface area contributed by atoms with Crippen LogP contribution in [-0.4, -0.2) is 48.2 Å². The second-order valence-corrected chi connectivity index (χ2v) is 8.85. The molecule has 1 atom stereocenters. The number of hydrogen-bond donors (Lipinski definition) is 4. The van der Waals surface area contributed by atoms with Crippen molar-refractivity contribution in [1.29, 1.82) is 0 Å². The molecule has 0 bridgehead atoms. The second kappa shape index (κ2) is 10.6. The molecule has 2 aliphatic heterocycles. The summed E-state index contributed by atoms with van der Waals surface area (Å²) in [7, 11) is 0. The summed E-state index contributed by atoms with van der Waals surface area (Å²) in [6.45, 7) is 6.59. The molecule has 1 saturated heterocycles. The van der Waals surface area contributed by atoms with Crippen molar-refractivity contribution >= 4 is 40.4 Å². The van der Waals surface area contributed by atoms with Crippen LogP contribution in [0.5, 0.6) is 5.75 Å². The number of amides is 1. The van der Waals surface area contributed by atoms with Crippen LogP contribution in [0.2, 0.25) is 0 Å². The maximum atomic E-state index is 13.7. The maximum absolute atomic E-state index is 13.7. The van der Waals surface area contributed by atoms with E-state index in [1.165, 1.54) is 6.07 Å². The normalized spacial score (nSPS) is 16.8. The Morgan fingerprint density at radius 2 is 1.97 bits per heavy atom. The molecule has 0 unspecified atom stereocenters. The molecule has 2 aromatic carbocycles. The smallest absolute Gasteiger partial charge is 0.421 e. The number of piperazine rings is 1. The number of benzene rings is 2. The summed E-state index contributed by atoms with van der Waals surface area (Å²) in [6, 6.07) is 12.2. The minimum absolute atomic E-state index is 0.0229. The first kappa shape index (κ1) is 25.3. The summed E-state index contributed by atoms with van der Waals surface area (Å²) in [5.74, 6) is -0.200. The summed E-state index contributed by atoms with van der Waals surface area (Å²) >= 11 is 0. The Morgan fingerprint density at radius 3 is 2.79 bits per heavy atom. The van der Waals surface area contributed by atoms with E-state index in [2.05, 4.69) is 42.7 Å². The number of hydrogen-bond acceptors (Lipinski definition) is 8. The van der Waals surface area contributed by atoms with Crippen molar-refractivity contribution in [2.24, 2.45) is 0 Å². The fourth-order valence-electron chi connectivity index (χ4n) is 4.46. The van der Waals surface area contributed by atoms with Crippen LogP contribution < -0.4 is 30.9 Å². The molecule has 0 spiro atoms. The van der Waals surface area contributed by atoms with Crippen molar-refractivity contribution in [3.63, 3.8) is 0 Å². The minimum atomic E-state index is -4.69. The Balaban J connectivity index is 1.40. The number of ether oxygens (including phenoxy) is 1. The lowest BCUT2D eigenvalue weighted by atomic mass is 10.1. The highest BCUT2D eigenvalue weighted by Gasteiger charge is 2.35. The third kappa shape index (κ3) is 5.65. The number of nitrogens with zero attached hydrogens (tertiary/aromatic N) is 3. The van der Waals surface area contributed by atoms with Crippen LogP contribution >= 0.6 is 0 Å². The van der Waals surface area contributed by atoms with Crippen LogP contribution in [0, 0.1) is 0 Å². The van der Waals surface area contributed by atoms with E-state index in [9.17, 15) is 18.0 Å². The summed E-state index contributed by atoms with van der Waals surface area (Å²) in [5, 5.41) is 11.7. The molecule has 0 radical (unpaired) electrons. The van der Waals surface area contributed by atoms with E-state index in [1.807, 2.05) is 12.1 Å². The molecule has 198 valence electrons. The van der Waals surface area contributed by atoms with Gasteiger partial charge in [0, 0.05) is 61.4 Å². The molecule has 0 aliphatic carbocycles. The van der Waals surface area contributed by atoms with Gasteiger partial charge in [0.1, 0.15) is 17.1 Å². The average molecular weight is 526 g/mol.